The predicted molar refractivity (Wildman–Crippen MR) is 66.0 cm³/mol. The molecule has 0 fully saturated rings. The molecule has 0 spiro atoms. The lowest BCUT2D eigenvalue weighted by Crippen LogP contribution is -2.38. The number of rotatable bonds is 6. The summed E-state index contributed by atoms with van der Waals surface area (Å²) in [4.78, 5) is 15.6. The second-order valence-corrected chi connectivity index (χ2v) is 3.70. The number of carbonyl (C=O) groups excluding carboxylic acids is 1. The summed E-state index contributed by atoms with van der Waals surface area (Å²) in [6.07, 6.45) is 0.735. The number of pyridine rings is 1. The van der Waals surface area contributed by atoms with Gasteiger partial charge in [0.1, 0.15) is 0 Å². The number of methoxy groups -OCH3 is 1. The molecule has 0 unspecified atom stereocenters. The zero-order chi connectivity index (χ0) is 12.5. The van der Waals surface area contributed by atoms with E-state index < -0.39 is 0 Å². The lowest BCUT2D eigenvalue weighted by molar-refractivity contribution is 0.196. The normalized spacial score (nSPS) is 10.0. The van der Waals surface area contributed by atoms with Gasteiger partial charge in [0.2, 0.25) is 0 Å². The standard InChI is InChI=1S/C12H19N3O2/c1-10-4-3-5-11(15-10)6-7-13-12(16)14-8-9-17-2/h3-5H,6-9H2,1-2H3,(H2,13,14,16). The Labute approximate surface area is 102 Å². The summed E-state index contributed by atoms with van der Waals surface area (Å²) in [5.41, 5.74) is 1.98. The molecule has 2 N–H and O–H groups in total. The maximum Gasteiger partial charge on any atom is 0.314 e. The fourth-order valence-electron chi connectivity index (χ4n) is 1.37. The van der Waals surface area contributed by atoms with Gasteiger partial charge in [0.05, 0.1) is 6.61 Å². The molecule has 0 aliphatic heterocycles. The van der Waals surface area contributed by atoms with E-state index in [-0.39, 0.29) is 6.03 Å². The number of aryl methyl sites for hydroxylation is 1. The average molecular weight is 237 g/mol. The Hall–Kier alpha value is -1.62. The summed E-state index contributed by atoms with van der Waals surface area (Å²) in [5, 5.41) is 5.45. The highest BCUT2D eigenvalue weighted by Crippen LogP contribution is 1.97. The molecule has 5 nitrogen and oxygen atoms in total. The lowest BCUT2D eigenvalue weighted by atomic mass is 10.2. The Balaban J connectivity index is 2.17. The van der Waals surface area contributed by atoms with Crippen molar-refractivity contribution < 1.29 is 9.53 Å². The van der Waals surface area contributed by atoms with Crippen molar-refractivity contribution in [1.29, 1.82) is 0 Å². The van der Waals surface area contributed by atoms with Gasteiger partial charge in [-0.05, 0) is 19.1 Å². The fourth-order valence-corrected chi connectivity index (χ4v) is 1.37. The summed E-state index contributed by atoms with van der Waals surface area (Å²) in [6.45, 7) is 3.57. The topological polar surface area (TPSA) is 63.2 Å². The maximum atomic E-state index is 11.3. The minimum absolute atomic E-state index is 0.172. The van der Waals surface area contributed by atoms with Crippen LogP contribution in [0.5, 0.6) is 0 Å². The number of urea groups is 1. The molecule has 0 aliphatic rings. The monoisotopic (exact) mass is 237 g/mol. The fraction of sp³-hybridized carbons (Fsp3) is 0.500. The summed E-state index contributed by atoms with van der Waals surface area (Å²) < 4.78 is 4.83. The summed E-state index contributed by atoms with van der Waals surface area (Å²) in [5.74, 6) is 0. The SMILES string of the molecule is COCCNC(=O)NCCc1cccc(C)n1. The van der Waals surface area contributed by atoms with Crippen molar-refractivity contribution in [3.8, 4) is 0 Å². The third kappa shape index (κ3) is 5.87. The van der Waals surface area contributed by atoms with Crippen LogP contribution in [0.25, 0.3) is 0 Å². The molecule has 94 valence electrons. The van der Waals surface area contributed by atoms with Gasteiger partial charge >= 0.3 is 6.03 Å². The van der Waals surface area contributed by atoms with Gasteiger partial charge in [-0.25, -0.2) is 4.79 Å². The predicted octanol–water partition coefficient (Wildman–Crippen LogP) is 0.878. The van der Waals surface area contributed by atoms with E-state index in [9.17, 15) is 4.79 Å². The highest BCUT2D eigenvalue weighted by molar-refractivity contribution is 5.73. The molecule has 0 saturated heterocycles. The molecule has 1 heterocycles. The molecule has 0 bridgehead atoms. The Morgan fingerprint density at radius 3 is 2.82 bits per heavy atom. The van der Waals surface area contributed by atoms with Crippen LogP contribution < -0.4 is 10.6 Å². The van der Waals surface area contributed by atoms with Crippen molar-refractivity contribution in [2.45, 2.75) is 13.3 Å². The van der Waals surface area contributed by atoms with Gasteiger partial charge in [-0.2, -0.15) is 0 Å². The minimum Gasteiger partial charge on any atom is -0.383 e. The molecule has 17 heavy (non-hydrogen) atoms. The first-order valence-corrected chi connectivity index (χ1v) is 5.65. The van der Waals surface area contributed by atoms with Gasteiger partial charge < -0.3 is 15.4 Å². The molecule has 5 heteroatoms. The van der Waals surface area contributed by atoms with Gasteiger partial charge in [-0.3, -0.25) is 4.98 Å². The van der Waals surface area contributed by atoms with E-state index in [1.165, 1.54) is 0 Å². The van der Waals surface area contributed by atoms with Gasteiger partial charge in [0.25, 0.3) is 0 Å². The van der Waals surface area contributed by atoms with Crippen LogP contribution in [0.3, 0.4) is 0 Å². The third-order valence-electron chi connectivity index (χ3n) is 2.20. The summed E-state index contributed by atoms with van der Waals surface area (Å²) in [7, 11) is 1.60. The maximum absolute atomic E-state index is 11.3. The van der Waals surface area contributed by atoms with Crippen LogP contribution >= 0.6 is 0 Å². The largest absolute Gasteiger partial charge is 0.383 e. The van der Waals surface area contributed by atoms with Gasteiger partial charge in [-0.1, -0.05) is 6.07 Å². The highest BCUT2D eigenvalue weighted by atomic mass is 16.5. The number of ether oxygens (including phenoxy) is 1. The third-order valence-corrected chi connectivity index (χ3v) is 2.20. The van der Waals surface area contributed by atoms with E-state index in [0.717, 1.165) is 17.8 Å². The van der Waals surface area contributed by atoms with Crippen LogP contribution in [-0.2, 0) is 11.2 Å². The zero-order valence-electron chi connectivity index (χ0n) is 10.3. The highest BCUT2D eigenvalue weighted by Gasteiger charge is 1.99. The molecule has 1 aromatic rings. The molecule has 2 amide bonds. The van der Waals surface area contributed by atoms with Gasteiger partial charge in [0, 0.05) is 38.0 Å². The first-order chi connectivity index (χ1) is 8.22. The summed E-state index contributed by atoms with van der Waals surface area (Å²) in [6, 6.07) is 5.71. The number of hydrogen-bond donors (Lipinski definition) is 2. The Kier molecular flexibility index (Phi) is 6.03. The molecule has 0 radical (unpaired) electrons. The first-order valence-electron chi connectivity index (χ1n) is 5.65. The van der Waals surface area contributed by atoms with Crippen LogP contribution in [0.2, 0.25) is 0 Å². The van der Waals surface area contributed by atoms with Crippen molar-refractivity contribution in [1.82, 2.24) is 15.6 Å². The van der Waals surface area contributed by atoms with Crippen LogP contribution in [0.4, 0.5) is 4.79 Å². The van der Waals surface area contributed by atoms with E-state index >= 15 is 0 Å². The van der Waals surface area contributed by atoms with E-state index in [2.05, 4.69) is 15.6 Å². The number of nitrogens with one attached hydrogen (secondary N) is 2. The Morgan fingerprint density at radius 2 is 2.12 bits per heavy atom. The van der Waals surface area contributed by atoms with Crippen LogP contribution in [0.1, 0.15) is 11.4 Å². The van der Waals surface area contributed by atoms with Gasteiger partial charge in [0.15, 0.2) is 0 Å². The molecular weight excluding hydrogens is 218 g/mol. The Bertz CT molecular complexity index is 355. The van der Waals surface area contributed by atoms with Crippen molar-refractivity contribution in [3.05, 3.63) is 29.6 Å². The molecule has 0 saturated carbocycles. The molecule has 0 atom stereocenters. The first kappa shape index (κ1) is 13.4. The molecular formula is C12H19N3O2. The number of amides is 2. The quantitative estimate of drug-likeness (QED) is 0.722. The van der Waals surface area contributed by atoms with Crippen molar-refractivity contribution in [3.63, 3.8) is 0 Å². The number of aromatic nitrogens is 1. The number of hydrogen-bond acceptors (Lipinski definition) is 3. The van der Waals surface area contributed by atoms with E-state index in [1.54, 1.807) is 7.11 Å². The van der Waals surface area contributed by atoms with Crippen LogP contribution in [0.15, 0.2) is 18.2 Å². The molecule has 0 aromatic carbocycles. The number of nitrogens with zero attached hydrogens (tertiary/aromatic N) is 1. The summed E-state index contributed by atoms with van der Waals surface area (Å²) >= 11 is 0. The van der Waals surface area contributed by atoms with Crippen molar-refractivity contribution in [2.75, 3.05) is 26.8 Å². The van der Waals surface area contributed by atoms with E-state index in [1.807, 2.05) is 25.1 Å². The van der Waals surface area contributed by atoms with Crippen LogP contribution in [-0.4, -0.2) is 37.8 Å². The zero-order valence-corrected chi connectivity index (χ0v) is 10.3. The van der Waals surface area contributed by atoms with Gasteiger partial charge in [-0.15, -0.1) is 0 Å². The molecule has 1 rings (SSSR count). The molecule has 0 aliphatic carbocycles. The minimum atomic E-state index is -0.172. The Morgan fingerprint density at radius 1 is 1.35 bits per heavy atom. The lowest BCUT2D eigenvalue weighted by Gasteiger charge is -2.07. The van der Waals surface area contributed by atoms with Crippen LogP contribution in [0, 0.1) is 6.92 Å². The smallest absolute Gasteiger partial charge is 0.314 e. The van der Waals surface area contributed by atoms with E-state index in [4.69, 9.17) is 4.74 Å². The van der Waals surface area contributed by atoms with Crippen molar-refractivity contribution >= 4 is 6.03 Å². The van der Waals surface area contributed by atoms with E-state index in [0.29, 0.717) is 19.7 Å². The number of carbonyl (C=O) groups is 1. The molecule has 1 aromatic heterocycles. The second kappa shape index (κ2) is 7.62. The van der Waals surface area contributed by atoms with Crippen molar-refractivity contribution in [2.24, 2.45) is 0 Å². The average Bonchev–Trinajstić information content (AvgIpc) is 2.29. The second-order valence-electron chi connectivity index (χ2n) is 3.70.